The number of rotatable bonds is 7. The minimum atomic E-state index is 0.107. The zero-order chi connectivity index (χ0) is 19.4. The first-order valence-electron chi connectivity index (χ1n) is 8.95. The second kappa shape index (κ2) is 8.50. The smallest absolute Gasteiger partial charge is 0.236 e. The molecule has 1 amide bonds. The first-order valence-corrected chi connectivity index (χ1v) is 9.77. The molecule has 2 aromatic carbocycles. The van der Waals surface area contributed by atoms with Crippen molar-refractivity contribution in [2.45, 2.75) is 13.1 Å². The summed E-state index contributed by atoms with van der Waals surface area (Å²) in [5.74, 6) is 0.107. The van der Waals surface area contributed by atoms with Crippen LogP contribution in [0.4, 0.5) is 5.69 Å². The van der Waals surface area contributed by atoms with Crippen LogP contribution in [0.2, 0.25) is 0 Å². The van der Waals surface area contributed by atoms with Crippen LogP contribution in [0.15, 0.2) is 48.5 Å². The molecule has 0 aliphatic carbocycles. The van der Waals surface area contributed by atoms with Crippen molar-refractivity contribution in [3.8, 4) is 0 Å². The Morgan fingerprint density at radius 2 is 1.67 bits per heavy atom. The minimum Gasteiger partial charge on any atom is -0.378 e. The second-order valence-electron chi connectivity index (χ2n) is 7.06. The van der Waals surface area contributed by atoms with Crippen molar-refractivity contribution in [1.82, 2.24) is 14.8 Å². The lowest BCUT2D eigenvalue weighted by Crippen LogP contribution is -2.36. The summed E-state index contributed by atoms with van der Waals surface area (Å²) in [5, 5.41) is 1.04. The van der Waals surface area contributed by atoms with Crippen molar-refractivity contribution in [1.29, 1.82) is 0 Å². The van der Waals surface area contributed by atoms with Gasteiger partial charge in [-0.3, -0.25) is 9.69 Å². The number of carbonyl (C=O) groups is 1. The van der Waals surface area contributed by atoms with E-state index < -0.39 is 0 Å². The summed E-state index contributed by atoms with van der Waals surface area (Å²) in [6.45, 7) is 1.67. The van der Waals surface area contributed by atoms with Gasteiger partial charge in [0.2, 0.25) is 5.91 Å². The average molecular weight is 383 g/mol. The summed E-state index contributed by atoms with van der Waals surface area (Å²) in [6.07, 6.45) is 0. The number of fused-ring (bicyclic) bond motifs is 1. The number of likely N-dealkylation sites (N-methyl/N-ethyl adjacent to an activating group) is 2. The van der Waals surface area contributed by atoms with E-state index in [0.717, 1.165) is 21.8 Å². The van der Waals surface area contributed by atoms with Crippen molar-refractivity contribution in [2.24, 2.45) is 0 Å². The van der Waals surface area contributed by atoms with Crippen LogP contribution in [-0.4, -0.2) is 55.4 Å². The fourth-order valence-electron chi connectivity index (χ4n) is 2.89. The van der Waals surface area contributed by atoms with E-state index in [-0.39, 0.29) is 5.91 Å². The number of carbonyl (C=O) groups excluding carboxylic acids is 1. The van der Waals surface area contributed by atoms with Gasteiger partial charge in [-0.25, -0.2) is 4.98 Å². The standard InChI is InChI=1S/C21H26N4OS/c1-23(2)17-11-9-16(10-12-17)13-25(4)21(26)15-24(3)14-20-22-18-7-5-6-8-19(18)27-20/h5-12H,13-15H2,1-4H3. The van der Waals surface area contributed by atoms with Gasteiger partial charge in [-0.1, -0.05) is 24.3 Å². The maximum Gasteiger partial charge on any atom is 0.236 e. The summed E-state index contributed by atoms with van der Waals surface area (Å²) in [6, 6.07) is 16.4. The molecular weight excluding hydrogens is 356 g/mol. The molecule has 0 unspecified atom stereocenters. The van der Waals surface area contributed by atoms with Gasteiger partial charge in [0.1, 0.15) is 5.01 Å². The van der Waals surface area contributed by atoms with Crippen LogP contribution in [0.3, 0.4) is 0 Å². The SMILES string of the molecule is CN(CC(=O)N(C)Cc1ccc(N(C)C)cc1)Cc1nc2ccccc2s1. The molecule has 1 aromatic heterocycles. The number of nitrogens with zero attached hydrogens (tertiary/aromatic N) is 4. The number of amides is 1. The van der Waals surface area contributed by atoms with Crippen LogP contribution < -0.4 is 4.90 Å². The minimum absolute atomic E-state index is 0.107. The molecule has 0 aliphatic heterocycles. The van der Waals surface area contributed by atoms with Gasteiger partial charge in [0.15, 0.2) is 0 Å². The summed E-state index contributed by atoms with van der Waals surface area (Å²) in [7, 11) is 7.86. The molecule has 0 aliphatic rings. The Morgan fingerprint density at radius 3 is 2.33 bits per heavy atom. The molecule has 27 heavy (non-hydrogen) atoms. The first-order chi connectivity index (χ1) is 12.9. The molecule has 6 heteroatoms. The van der Waals surface area contributed by atoms with E-state index in [9.17, 15) is 4.79 Å². The van der Waals surface area contributed by atoms with Crippen LogP contribution in [0.5, 0.6) is 0 Å². The van der Waals surface area contributed by atoms with Gasteiger partial charge < -0.3 is 9.80 Å². The Labute approximate surface area is 164 Å². The average Bonchev–Trinajstić information content (AvgIpc) is 3.04. The van der Waals surface area contributed by atoms with E-state index in [4.69, 9.17) is 0 Å². The fraction of sp³-hybridized carbons (Fsp3) is 0.333. The van der Waals surface area contributed by atoms with E-state index in [0.29, 0.717) is 19.6 Å². The van der Waals surface area contributed by atoms with Crippen LogP contribution in [0.1, 0.15) is 10.6 Å². The Bertz CT molecular complexity index is 871. The zero-order valence-corrected chi connectivity index (χ0v) is 17.2. The Hall–Kier alpha value is -2.44. The maximum absolute atomic E-state index is 12.6. The lowest BCUT2D eigenvalue weighted by atomic mass is 10.2. The van der Waals surface area contributed by atoms with E-state index in [2.05, 4.69) is 40.2 Å². The number of thiazole rings is 1. The lowest BCUT2D eigenvalue weighted by molar-refractivity contribution is -0.131. The van der Waals surface area contributed by atoms with Gasteiger partial charge in [0.05, 0.1) is 23.3 Å². The Balaban J connectivity index is 1.53. The molecule has 0 atom stereocenters. The van der Waals surface area contributed by atoms with Crippen LogP contribution >= 0.6 is 11.3 Å². The van der Waals surface area contributed by atoms with Crippen LogP contribution in [-0.2, 0) is 17.9 Å². The summed E-state index contributed by atoms with van der Waals surface area (Å²) in [5.41, 5.74) is 3.31. The quantitative estimate of drug-likeness (QED) is 0.627. The number of benzene rings is 2. The topological polar surface area (TPSA) is 39.7 Å². The molecule has 0 N–H and O–H groups in total. The molecule has 0 saturated carbocycles. The molecule has 0 bridgehead atoms. The normalized spacial score (nSPS) is 11.1. The number of hydrogen-bond acceptors (Lipinski definition) is 5. The first kappa shape index (κ1) is 19.3. The zero-order valence-electron chi connectivity index (χ0n) is 16.3. The van der Waals surface area contributed by atoms with Gasteiger partial charge in [0, 0.05) is 33.4 Å². The van der Waals surface area contributed by atoms with Gasteiger partial charge in [0.25, 0.3) is 0 Å². The predicted molar refractivity (Wildman–Crippen MR) is 113 cm³/mol. The monoisotopic (exact) mass is 382 g/mol. The molecule has 0 radical (unpaired) electrons. The number of hydrogen-bond donors (Lipinski definition) is 0. The fourth-order valence-corrected chi connectivity index (χ4v) is 3.94. The van der Waals surface area contributed by atoms with Gasteiger partial charge in [-0.05, 0) is 36.9 Å². The third-order valence-corrected chi connectivity index (χ3v) is 5.47. The molecule has 0 spiro atoms. The number of para-hydroxylation sites is 1. The number of anilines is 1. The van der Waals surface area contributed by atoms with Gasteiger partial charge in [-0.2, -0.15) is 0 Å². The largest absolute Gasteiger partial charge is 0.378 e. The number of aromatic nitrogens is 1. The molecule has 5 nitrogen and oxygen atoms in total. The van der Waals surface area contributed by atoms with Crippen LogP contribution in [0, 0.1) is 0 Å². The highest BCUT2D eigenvalue weighted by molar-refractivity contribution is 7.18. The van der Waals surface area contributed by atoms with Crippen molar-refractivity contribution in [2.75, 3.05) is 39.6 Å². The molecule has 1 heterocycles. The van der Waals surface area contributed by atoms with Crippen molar-refractivity contribution in [3.05, 3.63) is 59.1 Å². The van der Waals surface area contributed by atoms with Crippen LogP contribution in [0.25, 0.3) is 10.2 Å². The molecule has 0 fully saturated rings. The van der Waals surface area contributed by atoms with Gasteiger partial charge >= 0.3 is 0 Å². The Kier molecular flexibility index (Phi) is 6.08. The van der Waals surface area contributed by atoms with E-state index in [1.165, 1.54) is 4.70 Å². The third kappa shape index (κ3) is 5.05. The molecular formula is C21H26N4OS. The Morgan fingerprint density at radius 1 is 0.963 bits per heavy atom. The highest BCUT2D eigenvalue weighted by Gasteiger charge is 2.14. The molecule has 3 rings (SSSR count). The van der Waals surface area contributed by atoms with E-state index in [1.54, 1.807) is 16.2 Å². The predicted octanol–water partition coefficient (Wildman–Crippen LogP) is 3.45. The highest BCUT2D eigenvalue weighted by atomic mass is 32.1. The van der Waals surface area contributed by atoms with Crippen molar-refractivity contribution >= 4 is 33.1 Å². The van der Waals surface area contributed by atoms with E-state index >= 15 is 0 Å². The summed E-state index contributed by atoms with van der Waals surface area (Å²) in [4.78, 5) is 23.1. The lowest BCUT2D eigenvalue weighted by Gasteiger charge is -2.22. The highest BCUT2D eigenvalue weighted by Crippen LogP contribution is 2.22. The molecule has 142 valence electrons. The maximum atomic E-state index is 12.6. The second-order valence-corrected chi connectivity index (χ2v) is 8.17. The third-order valence-electron chi connectivity index (χ3n) is 4.45. The van der Waals surface area contributed by atoms with E-state index in [1.807, 2.05) is 51.3 Å². The summed E-state index contributed by atoms with van der Waals surface area (Å²) < 4.78 is 1.19. The molecule has 0 saturated heterocycles. The molecule has 3 aromatic rings. The van der Waals surface area contributed by atoms with Gasteiger partial charge in [-0.15, -0.1) is 11.3 Å². The van der Waals surface area contributed by atoms with Crippen molar-refractivity contribution < 1.29 is 4.79 Å². The summed E-state index contributed by atoms with van der Waals surface area (Å²) >= 11 is 1.69. The van der Waals surface area contributed by atoms with Crippen molar-refractivity contribution in [3.63, 3.8) is 0 Å².